The van der Waals surface area contributed by atoms with E-state index in [4.69, 9.17) is 33.2 Å². The summed E-state index contributed by atoms with van der Waals surface area (Å²) in [5.74, 6) is 1.82. The predicted octanol–water partition coefficient (Wildman–Crippen LogP) is 6.90. The summed E-state index contributed by atoms with van der Waals surface area (Å²) >= 11 is 0. The first-order valence-electron chi connectivity index (χ1n) is 19.7. The van der Waals surface area contributed by atoms with E-state index < -0.39 is 33.8 Å². The number of rotatable bonds is 15. The molecule has 290 valence electrons. The van der Waals surface area contributed by atoms with Crippen LogP contribution in [-0.4, -0.2) is 105 Å². The molecule has 2 saturated heterocycles. The van der Waals surface area contributed by atoms with E-state index in [-0.39, 0.29) is 41.9 Å². The molecule has 2 heterocycles. The maximum absolute atomic E-state index is 13.2. The van der Waals surface area contributed by atoms with Crippen molar-refractivity contribution in [1.29, 1.82) is 0 Å². The van der Waals surface area contributed by atoms with Gasteiger partial charge in [-0.3, -0.25) is 4.90 Å². The van der Waals surface area contributed by atoms with Gasteiger partial charge in [0, 0.05) is 43.1 Å². The van der Waals surface area contributed by atoms with E-state index in [0.717, 1.165) is 44.7 Å². The van der Waals surface area contributed by atoms with E-state index in [0.29, 0.717) is 44.6 Å². The highest BCUT2D eigenvalue weighted by atomic mass is 16.7. The molecule has 10 heteroatoms. The van der Waals surface area contributed by atoms with Crippen LogP contribution in [0, 0.1) is 39.4 Å². The highest BCUT2D eigenvalue weighted by Crippen LogP contribution is 2.85. The molecule has 0 amide bonds. The lowest BCUT2D eigenvalue weighted by Gasteiger charge is -2.79. The van der Waals surface area contributed by atoms with Crippen LogP contribution in [0.3, 0.4) is 0 Å². The number of aliphatic hydroxyl groups is 1. The van der Waals surface area contributed by atoms with E-state index in [1.54, 1.807) is 0 Å². The Kier molecular flexibility index (Phi) is 10.6. The average molecular weight is 718 g/mol. The first kappa shape index (κ1) is 39.0. The number of allylic oxidation sites excluding steroid dienone is 3. The molecular weight excluding hydrogens is 650 g/mol. The van der Waals surface area contributed by atoms with Gasteiger partial charge in [-0.05, 0) is 102 Å². The van der Waals surface area contributed by atoms with Crippen molar-refractivity contribution in [2.75, 3.05) is 66.4 Å². The molecule has 2 bridgehead atoms. The Bertz CT molecular complexity index is 1350. The lowest BCUT2D eigenvalue weighted by Crippen LogP contribution is -2.85. The standard InChI is InChI=1S/C41H67NO9/c1-11-46-20-21-47-22-23-48-24-25-49-34(43)50-31-15-12-28(2)36(7)33(31)51-38(9)40(45-10)17-16-39(26-32(40)37(8,44)35(4,5)6)29(3)42(27-30-13-14-30)19-18-41(36,38)39/h12,15,28-30,32,44H,11,13-14,16-27H2,1-10H3. The van der Waals surface area contributed by atoms with Crippen molar-refractivity contribution in [3.63, 3.8) is 0 Å². The number of ether oxygens (including phenoxy) is 7. The molecule has 7 rings (SSSR count). The van der Waals surface area contributed by atoms with Crippen LogP contribution in [-0.2, 0) is 33.2 Å². The van der Waals surface area contributed by atoms with Crippen molar-refractivity contribution in [1.82, 2.24) is 4.90 Å². The summed E-state index contributed by atoms with van der Waals surface area (Å²) in [5.41, 5.74) is -4.06. The minimum atomic E-state index is -1.04. The number of nitrogens with zero attached hydrogens (tertiary/aromatic N) is 1. The molecule has 9 atom stereocenters. The molecule has 0 aromatic rings. The van der Waals surface area contributed by atoms with E-state index in [9.17, 15) is 9.90 Å². The van der Waals surface area contributed by atoms with Crippen molar-refractivity contribution >= 4 is 6.16 Å². The van der Waals surface area contributed by atoms with Crippen LogP contribution in [0.1, 0.15) is 101 Å². The molecular formula is C41H67NO9. The second-order valence-electron chi connectivity index (χ2n) is 18.0. The third-order valence-electron chi connectivity index (χ3n) is 15.3. The Morgan fingerprint density at radius 2 is 1.63 bits per heavy atom. The van der Waals surface area contributed by atoms with Gasteiger partial charge in [0.05, 0.1) is 38.6 Å². The topological polar surface area (TPSA) is 105 Å². The van der Waals surface area contributed by atoms with E-state index in [1.807, 2.05) is 27.0 Å². The third-order valence-corrected chi connectivity index (χ3v) is 15.3. The van der Waals surface area contributed by atoms with Gasteiger partial charge in [-0.15, -0.1) is 0 Å². The Morgan fingerprint density at radius 1 is 0.980 bits per heavy atom. The van der Waals surface area contributed by atoms with Crippen molar-refractivity contribution in [3.05, 3.63) is 23.7 Å². The fourth-order valence-electron chi connectivity index (χ4n) is 11.9. The summed E-state index contributed by atoms with van der Waals surface area (Å²) in [5, 5.41) is 12.7. The molecule has 7 aliphatic rings. The fraction of sp³-hybridized carbons (Fsp3) is 0.878. The van der Waals surface area contributed by atoms with Gasteiger partial charge < -0.3 is 38.3 Å². The third kappa shape index (κ3) is 5.66. The lowest BCUT2D eigenvalue weighted by atomic mass is 9.27. The van der Waals surface area contributed by atoms with Gasteiger partial charge in [-0.2, -0.15) is 0 Å². The lowest BCUT2D eigenvalue weighted by molar-refractivity contribution is -0.378. The van der Waals surface area contributed by atoms with E-state index >= 15 is 0 Å². The zero-order valence-corrected chi connectivity index (χ0v) is 33.2. The monoisotopic (exact) mass is 717 g/mol. The van der Waals surface area contributed by atoms with Gasteiger partial charge in [0.15, 0.2) is 5.76 Å². The highest BCUT2D eigenvalue weighted by molar-refractivity contribution is 5.63. The van der Waals surface area contributed by atoms with Gasteiger partial charge >= 0.3 is 6.16 Å². The Labute approximate surface area is 306 Å². The molecule has 0 aromatic heterocycles. The summed E-state index contributed by atoms with van der Waals surface area (Å²) < 4.78 is 42.3. The minimum absolute atomic E-state index is 0.0636. The van der Waals surface area contributed by atoms with Gasteiger partial charge in [-0.25, -0.2) is 4.79 Å². The predicted molar refractivity (Wildman–Crippen MR) is 194 cm³/mol. The maximum atomic E-state index is 13.2. The molecule has 51 heavy (non-hydrogen) atoms. The maximum Gasteiger partial charge on any atom is 0.514 e. The summed E-state index contributed by atoms with van der Waals surface area (Å²) in [6.07, 6.45) is 9.50. The largest absolute Gasteiger partial charge is 0.514 e. The highest BCUT2D eigenvalue weighted by Gasteiger charge is 2.90. The van der Waals surface area contributed by atoms with Crippen LogP contribution < -0.4 is 0 Å². The van der Waals surface area contributed by atoms with Gasteiger partial charge in [0.2, 0.25) is 0 Å². The Morgan fingerprint density at radius 3 is 2.24 bits per heavy atom. The molecule has 2 aliphatic heterocycles. The smallest absolute Gasteiger partial charge is 0.484 e. The molecule has 2 spiro atoms. The van der Waals surface area contributed by atoms with Crippen LogP contribution in [0.5, 0.6) is 0 Å². The molecule has 10 nitrogen and oxygen atoms in total. The van der Waals surface area contributed by atoms with Crippen molar-refractivity contribution in [2.24, 2.45) is 39.4 Å². The summed E-state index contributed by atoms with van der Waals surface area (Å²) in [7, 11) is 1.82. The number of hydrogen-bond donors (Lipinski definition) is 1. The zero-order chi connectivity index (χ0) is 37.1. The second kappa shape index (κ2) is 13.9. The van der Waals surface area contributed by atoms with Crippen LogP contribution in [0.25, 0.3) is 0 Å². The van der Waals surface area contributed by atoms with E-state index in [1.165, 1.54) is 12.8 Å². The van der Waals surface area contributed by atoms with Crippen LogP contribution >= 0.6 is 0 Å². The zero-order valence-electron chi connectivity index (χ0n) is 33.2. The number of carbonyl (C=O) groups is 1. The number of hydrogen-bond acceptors (Lipinski definition) is 10. The quantitative estimate of drug-likeness (QED) is 0.142. The van der Waals surface area contributed by atoms with Crippen LogP contribution in [0.15, 0.2) is 23.7 Å². The summed E-state index contributed by atoms with van der Waals surface area (Å²) in [4.78, 5) is 16.0. The Hall–Kier alpha value is -1.69. The van der Waals surface area contributed by atoms with Crippen LogP contribution in [0.2, 0.25) is 0 Å². The van der Waals surface area contributed by atoms with Crippen LogP contribution in [0.4, 0.5) is 4.79 Å². The fourth-order valence-corrected chi connectivity index (χ4v) is 11.9. The Balaban J connectivity index is 1.32. The summed E-state index contributed by atoms with van der Waals surface area (Å²) in [6, 6.07) is 0.280. The number of likely N-dealkylation sites (tertiary alicyclic amines) is 1. The molecule has 0 radical (unpaired) electrons. The minimum Gasteiger partial charge on any atom is -0.484 e. The average Bonchev–Trinajstić information content (AvgIpc) is 3.87. The number of carbonyl (C=O) groups excluding carboxylic acids is 1. The molecule has 5 aliphatic carbocycles. The number of piperidine rings is 1. The SMILES string of the molecule is CCOCCOCCOCCOC(=O)OC1=C2OC3(C)C4(OC)CCC5(CC4C(C)(O)C(C)(C)C)C(C)N(CC4CC4)CCC53C2(C)C(C)C=C1. The molecule has 6 fully saturated rings. The van der Waals surface area contributed by atoms with Crippen molar-refractivity contribution < 1.29 is 43.1 Å². The van der Waals surface area contributed by atoms with Crippen molar-refractivity contribution in [2.45, 2.75) is 124 Å². The van der Waals surface area contributed by atoms with Gasteiger partial charge in [0.25, 0.3) is 0 Å². The number of fused-ring (bicyclic) bond motifs is 3. The van der Waals surface area contributed by atoms with E-state index in [2.05, 4.69) is 59.4 Å². The molecule has 1 N–H and O–H groups in total. The molecule has 4 saturated carbocycles. The van der Waals surface area contributed by atoms with Gasteiger partial charge in [0.1, 0.15) is 23.6 Å². The molecule has 9 unspecified atom stereocenters. The normalized spacial score (nSPS) is 39.9. The van der Waals surface area contributed by atoms with Gasteiger partial charge in [-0.1, -0.05) is 40.7 Å². The van der Waals surface area contributed by atoms with Crippen molar-refractivity contribution in [3.8, 4) is 0 Å². The first-order valence-corrected chi connectivity index (χ1v) is 19.7. The molecule has 0 aromatic carbocycles. The number of methoxy groups -OCH3 is 1. The summed E-state index contributed by atoms with van der Waals surface area (Å²) in [6.45, 7) is 24.8. The first-order chi connectivity index (χ1) is 24.0. The second-order valence-corrected chi connectivity index (χ2v) is 18.0.